The number of hydrogen-bond donors (Lipinski definition) is 1. The van der Waals surface area contributed by atoms with Gasteiger partial charge in [0.25, 0.3) is 0 Å². The van der Waals surface area contributed by atoms with Gasteiger partial charge in [-0.3, -0.25) is 0 Å². The molecule has 2 rings (SSSR count). The molecule has 0 radical (unpaired) electrons. The molecule has 5 heteroatoms. The van der Waals surface area contributed by atoms with Gasteiger partial charge >= 0.3 is 0 Å². The Morgan fingerprint density at radius 2 is 1.90 bits per heavy atom. The highest BCUT2D eigenvalue weighted by Crippen LogP contribution is 2.31. The average molecular weight is 328 g/mol. The standard InChI is InChI=1S/C16H16Cl2FNO/c1-2-15(20)16(10-4-3-5-11(19)8-10)21-12-6-7-13(17)14(18)9-12/h3-9,15-16H,2,20H2,1H3. The van der Waals surface area contributed by atoms with Crippen LogP contribution in [-0.4, -0.2) is 6.04 Å². The second-order valence-electron chi connectivity index (χ2n) is 4.74. The van der Waals surface area contributed by atoms with Gasteiger partial charge in [-0.25, -0.2) is 4.39 Å². The van der Waals surface area contributed by atoms with E-state index in [0.29, 0.717) is 27.8 Å². The molecule has 0 heterocycles. The van der Waals surface area contributed by atoms with E-state index in [1.54, 1.807) is 30.3 Å². The van der Waals surface area contributed by atoms with Crippen LogP contribution in [-0.2, 0) is 0 Å². The molecule has 0 saturated heterocycles. The molecule has 0 aliphatic carbocycles. The lowest BCUT2D eigenvalue weighted by Gasteiger charge is -2.25. The highest BCUT2D eigenvalue weighted by Gasteiger charge is 2.21. The van der Waals surface area contributed by atoms with Crippen LogP contribution in [0.4, 0.5) is 4.39 Å². The Morgan fingerprint density at radius 3 is 2.52 bits per heavy atom. The van der Waals surface area contributed by atoms with Crippen LogP contribution in [0.15, 0.2) is 42.5 Å². The van der Waals surface area contributed by atoms with Gasteiger partial charge in [-0.2, -0.15) is 0 Å². The summed E-state index contributed by atoms with van der Waals surface area (Å²) >= 11 is 11.9. The number of hydrogen-bond acceptors (Lipinski definition) is 2. The van der Waals surface area contributed by atoms with Crippen molar-refractivity contribution in [1.82, 2.24) is 0 Å². The minimum Gasteiger partial charge on any atom is -0.484 e. The van der Waals surface area contributed by atoms with Crippen molar-refractivity contribution in [1.29, 1.82) is 0 Å². The third-order valence-corrected chi connectivity index (χ3v) is 3.93. The molecule has 0 aromatic heterocycles. The van der Waals surface area contributed by atoms with Gasteiger partial charge in [0, 0.05) is 12.1 Å². The van der Waals surface area contributed by atoms with Crippen LogP contribution in [0.1, 0.15) is 25.0 Å². The molecule has 0 spiro atoms. The van der Waals surface area contributed by atoms with Gasteiger partial charge in [0.15, 0.2) is 0 Å². The molecule has 0 bridgehead atoms. The average Bonchev–Trinajstić information content (AvgIpc) is 2.47. The van der Waals surface area contributed by atoms with Crippen molar-refractivity contribution in [3.05, 3.63) is 63.9 Å². The minimum atomic E-state index is -0.456. The second-order valence-corrected chi connectivity index (χ2v) is 5.56. The van der Waals surface area contributed by atoms with E-state index in [1.807, 2.05) is 6.92 Å². The largest absolute Gasteiger partial charge is 0.484 e. The van der Waals surface area contributed by atoms with Crippen molar-refractivity contribution in [3.8, 4) is 5.75 Å². The summed E-state index contributed by atoms with van der Waals surface area (Å²) in [5.74, 6) is 0.223. The summed E-state index contributed by atoms with van der Waals surface area (Å²) < 4.78 is 19.3. The highest BCUT2D eigenvalue weighted by atomic mass is 35.5. The molecule has 0 fully saturated rings. The fourth-order valence-electron chi connectivity index (χ4n) is 2.00. The summed E-state index contributed by atoms with van der Waals surface area (Å²) in [6, 6.07) is 11.0. The molecule has 0 amide bonds. The minimum absolute atomic E-state index is 0.263. The molecule has 0 saturated carbocycles. The number of ether oxygens (including phenoxy) is 1. The van der Waals surface area contributed by atoms with Crippen molar-refractivity contribution in [2.45, 2.75) is 25.5 Å². The van der Waals surface area contributed by atoms with Gasteiger partial charge in [0.2, 0.25) is 0 Å². The Hall–Kier alpha value is -1.29. The molecule has 2 atom stereocenters. The smallest absolute Gasteiger partial charge is 0.139 e. The van der Waals surface area contributed by atoms with Crippen molar-refractivity contribution in [3.63, 3.8) is 0 Å². The Morgan fingerprint density at radius 1 is 1.14 bits per heavy atom. The number of nitrogens with two attached hydrogens (primary N) is 1. The van der Waals surface area contributed by atoms with Crippen molar-refractivity contribution < 1.29 is 9.13 Å². The Labute approximate surface area is 133 Å². The Kier molecular flexibility index (Phi) is 5.45. The summed E-state index contributed by atoms with van der Waals surface area (Å²) in [5.41, 5.74) is 6.80. The fraction of sp³-hybridized carbons (Fsp3) is 0.250. The third kappa shape index (κ3) is 4.10. The Bertz CT molecular complexity index is 621. The summed E-state index contributed by atoms with van der Waals surface area (Å²) in [6.45, 7) is 1.95. The van der Waals surface area contributed by atoms with E-state index in [2.05, 4.69) is 0 Å². The molecule has 2 N–H and O–H groups in total. The van der Waals surface area contributed by atoms with Crippen LogP contribution in [0.3, 0.4) is 0 Å². The monoisotopic (exact) mass is 327 g/mol. The van der Waals surface area contributed by atoms with Gasteiger partial charge in [-0.1, -0.05) is 42.3 Å². The summed E-state index contributed by atoms with van der Waals surface area (Å²) in [7, 11) is 0. The maximum atomic E-state index is 13.4. The first kappa shape index (κ1) is 16.1. The molecular formula is C16H16Cl2FNO. The summed E-state index contributed by atoms with van der Waals surface area (Å²) in [4.78, 5) is 0. The summed E-state index contributed by atoms with van der Waals surface area (Å²) in [6.07, 6.45) is 0.241. The van der Waals surface area contributed by atoms with E-state index >= 15 is 0 Å². The van der Waals surface area contributed by atoms with Crippen LogP contribution < -0.4 is 10.5 Å². The first-order valence-corrected chi connectivity index (χ1v) is 7.39. The van der Waals surface area contributed by atoms with Gasteiger partial charge in [0.1, 0.15) is 17.7 Å². The summed E-state index contributed by atoms with van der Waals surface area (Å²) in [5, 5.41) is 0.850. The normalized spacial score (nSPS) is 13.8. The van der Waals surface area contributed by atoms with Crippen LogP contribution in [0.2, 0.25) is 10.0 Å². The lowest BCUT2D eigenvalue weighted by Crippen LogP contribution is -2.31. The molecule has 2 aromatic carbocycles. The van der Waals surface area contributed by atoms with Crippen LogP contribution in [0.5, 0.6) is 5.75 Å². The SMILES string of the molecule is CCC(N)C(Oc1ccc(Cl)c(Cl)c1)c1cccc(F)c1. The molecular weight excluding hydrogens is 312 g/mol. The van der Waals surface area contributed by atoms with Gasteiger partial charge in [-0.15, -0.1) is 0 Å². The van der Waals surface area contributed by atoms with Gasteiger partial charge in [-0.05, 0) is 36.2 Å². The Balaban J connectivity index is 2.30. The van der Waals surface area contributed by atoms with E-state index in [9.17, 15) is 4.39 Å². The van der Waals surface area contributed by atoms with E-state index < -0.39 is 6.10 Å². The first-order chi connectivity index (χ1) is 10.0. The van der Waals surface area contributed by atoms with Crippen molar-refractivity contribution in [2.75, 3.05) is 0 Å². The molecule has 2 unspecified atom stereocenters. The molecule has 2 aromatic rings. The number of rotatable bonds is 5. The molecule has 2 nitrogen and oxygen atoms in total. The predicted molar refractivity (Wildman–Crippen MR) is 84.5 cm³/mol. The van der Waals surface area contributed by atoms with E-state index in [4.69, 9.17) is 33.7 Å². The van der Waals surface area contributed by atoms with Gasteiger partial charge < -0.3 is 10.5 Å². The van der Waals surface area contributed by atoms with Crippen molar-refractivity contribution >= 4 is 23.2 Å². The maximum absolute atomic E-state index is 13.4. The zero-order valence-corrected chi connectivity index (χ0v) is 13.0. The molecule has 21 heavy (non-hydrogen) atoms. The van der Waals surface area contributed by atoms with Crippen LogP contribution in [0.25, 0.3) is 0 Å². The second kappa shape index (κ2) is 7.12. The first-order valence-electron chi connectivity index (χ1n) is 6.64. The quantitative estimate of drug-likeness (QED) is 0.839. The maximum Gasteiger partial charge on any atom is 0.139 e. The van der Waals surface area contributed by atoms with E-state index in [1.165, 1.54) is 12.1 Å². The zero-order valence-electron chi connectivity index (χ0n) is 11.5. The fourth-order valence-corrected chi connectivity index (χ4v) is 2.29. The lowest BCUT2D eigenvalue weighted by atomic mass is 10.0. The predicted octanol–water partition coefficient (Wildman–Crippen LogP) is 4.99. The van der Waals surface area contributed by atoms with Crippen LogP contribution in [0, 0.1) is 5.82 Å². The lowest BCUT2D eigenvalue weighted by molar-refractivity contribution is 0.170. The highest BCUT2D eigenvalue weighted by molar-refractivity contribution is 6.42. The van der Waals surface area contributed by atoms with Crippen LogP contribution >= 0.6 is 23.2 Å². The molecule has 0 aliphatic heterocycles. The van der Waals surface area contributed by atoms with E-state index in [-0.39, 0.29) is 11.9 Å². The number of halogens is 3. The van der Waals surface area contributed by atoms with E-state index in [0.717, 1.165) is 0 Å². The van der Waals surface area contributed by atoms with Gasteiger partial charge in [0.05, 0.1) is 10.0 Å². The topological polar surface area (TPSA) is 35.2 Å². The molecule has 112 valence electrons. The van der Waals surface area contributed by atoms with Crippen molar-refractivity contribution in [2.24, 2.45) is 5.73 Å². The third-order valence-electron chi connectivity index (χ3n) is 3.19. The zero-order chi connectivity index (χ0) is 15.4. The molecule has 0 aliphatic rings. The number of benzene rings is 2.